The van der Waals surface area contributed by atoms with Crippen molar-refractivity contribution in [3.05, 3.63) is 12.3 Å². The number of rotatable bonds is 1. The standard InChI is InChI=1S/C7H7N3OS/c1-12-7-10-6-5(11-7)2-4(8)3-9-6/h2-3H,8H2,1H3. The number of thioether (sulfide) groups is 1. The molecule has 0 fully saturated rings. The van der Waals surface area contributed by atoms with Crippen LogP contribution in [0.4, 0.5) is 5.69 Å². The summed E-state index contributed by atoms with van der Waals surface area (Å²) in [4.78, 5) is 8.11. The largest absolute Gasteiger partial charge is 0.430 e. The van der Waals surface area contributed by atoms with Gasteiger partial charge in [-0.05, 0) is 6.26 Å². The smallest absolute Gasteiger partial charge is 0.258 e. The molecule has 2 aromatic heterocycles. The second-order valence-corrected chi connectivity index (χ2v) is 3.03. The normalized spacial score (nSPS) is 10.8. The summed E-state index contributed by atoms with van der Waals surface area (Å²) in [7, 11) is 0. The molecule has 0 aliphatic carbocycles. The Morgan fingerprint density at radius 2 is 2.42 bits per heavy atom. The number of pyridine rings is 1. The van der Waals surface area contributed by atoms with Gasteiger partial charge in [-0.2, -0.15) is 4.98 Å². The van der Waals surface area contributed by atoms with Gasteiger partial charge in [0.1, 0.15) is 0 Å². The van der Waals surface area contributed by atoms with Crippen LogP contribution >= 0.6 is 11.8 Å². The summed E-state index contributed by atoms with van der Waals surface area (Å²) in [5.41, 5.74) is 7.35. The van der Waals surface area contributed by atoms with Crippen LogP contribution in [0.5, 0.6) is 0 Å². The van der Waals surface area contributed by atoms with E-state index in [2.05, 4.69) is 9.97 Å². The van der Waals surface area contributed by atoms with Crippen LogP contribution in [0.15, 0.2) is 21.9 Å². The molecular weight excluding hydrogens is 174 g/mol. The summed E-state index contributed by atoms with van der Waals surface area (Å²) < 4.78 is 5.31. The summed E-state index contributed by atoms with van der Waals surface area (Å²) in [5.74, 6) is 0. The van der Waals surface area contributed by atoms with Crippen LogP contribution in [0, 0.1) is 0 Å². The zero-order valence-corrected chi connectivity index (χ0v) is 7.26. The molecule has 0 bridgehead atoms. The van der Waals surface area contributed by atoms with E-state index in [1.807, 2.05) is 6.26 Å². The maximum Gasteiger partial charge on any atom is 0.258 e. The van der Waals surface area contributed by atoms with Crippen molar-refractivity contribution >= 4 is 28.7 Å². The second-order valence-electron chi connectivity index (χ2n) is 2.27. The predicted octanol–water partition coefficient (Wildman–Crippen LogP) is 1.53. The van der Waals surface area contributed by atoms with Gasteiger partial charge >= 0.3 is 0 Å². The van der Waals surface area contributed by atoms with Gasteiger partial charge in [0, 0.05) is 6.07 Å². The number of aromatic nitrogens is 2. The molecule has 0 saturated carbocycles. The molecule has 0 unspecified atom stereocenters. The predicted molar refractivity (Wildman–Crippen MR) is 48.0 cm³/mol. The van der Waals surface area contributed by atoms with Gasteiger partial charge in [0.05, 0.1) is 11.9 Å². The fourth-order valence-corrected chi connectivity index (χ4v) is 1.25. The quantitative estimate of drug-likeness (QED) is 0.676. The summed E-state index contributed by atoms with van der Waals surface area (Å²) in [5, 5.41) is 0.614. The van der Waals surface area contributed by atoms with Crippen molar-refractivity contribution in [2.45, 2.75) is 5.22 Å². The topological polar surface area (TPSA) is 64.9 Å². The van der Waals surface area contributed by atoms with Crippen molar-refractivity contribution in [3.63, 3.8) is 0 Å². The highest BCUT2D eigenvalue weighted by Gasteiger charge is 2.04. The molecule has 62 valence electrons. The number of nitrogens with two attached hydrogens (primary N) is 1. The monoisotopic (exact) mass is 181 g/mol. The summed E-state index contributed by atoms with van der Waals surface area (Å²) in [6.45, 7) is 0. The van der Waals surface area contributed by atoms with Gasteiger partial charge in [-0.15, -0.1) is 0 Å². The number of anilines is 1. The first kappa shape index (κ1) is 7.42. The van der Waals surface area contributed by atoms with Crippen molar-refractivity contribution in [1.82, 2.24) is 9.97 Å². The average molecular weight is 181 g/mol. The average Bonchev–Trinajstić information content (AvgIpc) is 2.46. The first-order chi connectivity index (χ1) is 5.79. The second kappa shape index (κ2) is 2.67. The third kappa shape index (κ3) is 1.12. The van der Waals surface area contributed by atoms with E-state index >= 15 is 0 Å². The molecule has 2 N–H and O–H groups in total. The highest BCUT2D eigenvalue weighted by molar-refractivity contribution is 7.98. The number of nitrogen functional groups attached to an aromatic ring is 1. The van der Waals surface area contributed by atoms with Crippen LogP contribution < -0.4 is 5.73 Å². The van der Waals surface area contributed by atoms with E-state index in [-0.39, 0.29) is 0 Å². The molecule has 0 aliphatic heterocycles. The van der Waals surface area contributed by atoms with Gasteiger partial charge < -0.3 is 10.2 Å². The molecule has 12 heavy (non-hydrogen) atoms. The zero-order chi connectivity index (χ0) is 8.55. The van der Waals surface area contributed by atoms with Crippen LogP contribution in [0.3, 0.4) is 0 Å². The molecule has 4 nitrogen and oxygen atoms in total. The Bertz CT molecular complexity index is 412. The minimum atomic E-state index is 0.589. The van der Waals surface area contributed by atoms with E-state index < -0.39 is 0 Å². The highest BCUT2D eigenvalue weighted by Crippen LogP contribution is 2.20. The molecule has 5 heteroatoms. The Labute approximate surface area is 73.2 Å². The Morgan fingerprint density at radius 3 is 3.17 bits per heavy atom. The van der Waals surface area contributed by atoms with E-state index in [1.54, 1.807) is 12.3 Å². The molecule has 0 spiro atoms. The fourth-order valence-electron chi connectivity index (χ4n) is 0.902. The first-order valence-electron chi connectivity index (χ1n) is 3.35. The summed E-state index contributed by atoms with van der Waals surface area (Å²) >= 11 is 1.44. The van der Waals surface area contributed by atoms with Crippen LogP contribution in [0.2, 0.25) is 0 Å². The molecule has 0 aromatic carbocycles. The van der Waals surface area contributed by atoms with Crippen molar-refractivity contribution in [2.75, 3.05) is 12.0 Å². The van der Waals surface area contributed by atoms with E-state index in [4.69, 9.17) is 10.2 Å². The summed E-state index contributed by atoms with van der Waals surface area (Å²) in [6.07, 6.45) is 3.46. The molecule has 2 rings (SSSR count). The molecule has 0 amide bonds. The molecule has 0 atom stereocenters. The molecule has 0 saturated heterocycles. The van der Waals surface area contributed by atoms with Gasteiger partial charge in [0.2, 0.25) is 0 Å². The Morgan fingerprint density at radius 1 is 1.58 bits per heavy atom. The molecule has 2 aromatic rings. The van der Waals surface area contributed by atoms with Gasteiger partial charge in [0.15, 0.2) is 11.2 Å². The van der Waals surface area contributed by atoms with Crippen LogP contribution in [-0.4, -0.2) is 16.2 Å². The van der Waals surface area contributed by atoms with Crippen molar-refractivity contribution in [3.8, 4) is 0 Å². The molecule has 0 radical (unpaired) electrons. The van der Waals surface area contributed by atoms with Crippen LogP contribution in [0.1, 0.15) is 0 Å². The fraction of sp³-hybridized carbons (Fsp3) is 0.143. The lowest BCUT2D eigenvalue weighted by Crippen LogP contribution is -1.85. The van der Waals surface area contributed by atoms with Crippen LogP contribution in [-0.2, 0) is 0 Å². The van der Waals surface area contributed by atoms with Gasteiger partial charge in [-0.1, -0.05) is 11.8 Å². The zero-order valence-electron chi connectivity index (χ0n) is 6.44. The van der Waals surface area contributed by atoms with Gasteiger partial charge in [0.25, 0.3) is 5.22 Å². The summed E-state index contributed by atoms with van der Waals surface area (Å²) in [6, 6.07) is 1.72. The van der Waals surface area contributed by atoms with Gasteiger partial charge in [-0.3, -0.25) is 0 Å². The van der Waals surface area contributed by atoms with E-state index in [0.29, 0.717) is 22.1 Å². The molecule has 0 aliphatic rings. The Hall–Kier alpha value is -1.23. The lowest BCUT2D eigenvalue weighted by molar-refractivity contribution is 0.490. The maximum atomic E-state index is 5.52. The van der Waals surface area contributed by atoms with Crippen LogP contribution in [0.25, 0.3) is 11.2 Å². The van der Waals surface area contributed by atoms with Crippen molar-refractivity contribution < 1.29 is 4.42 Å². The third-order valence-electron chi connectivity index (χ3n) is 1.42. The lowest BCUT2D eigenvalue weighted by Gasteiger charge is -1.87. The van der Waals surface area contributed by atoms with E-state index in [0.717, 1.165) is 0 Å². The van der Waals surface area contributed by atoms with Crippen molar-refractivity contribution in [1.29, 1.82) is 0 Å². The molecule has 2 heterocycles. The third-order valence-corrected chi connectivity index (χ3v) is 1.95. The number of hydrogen-bond acceptors (Lipinski definition) is 5. The molecular formula is C7H7N3OS. The Balaban J connectivity index is 2.67. The number of oxazole rings is 1. The number of fused-ring (bicyclic) bond motifs is 1. The van der Waals surface area contributed by atoms with Gasteiger partial charge in [-0.25, -0.2) is 4.98 Å². The minimum absolute atomic E-state index is 0.589. The maximum absolute atomic E-state index is 5.52. The minimum Gasteiger partial charge on any atom is -0.430 e. The van der Waals surface area contributed by atoms with E-state index in [9.17, 15) is 0 Å². The van der Waals surface area contributed by atoms with E-state index in [1.165, 1.54) is 11.8 Å². The Kier molecular flexibility index (Phi) is 1.65. The van der Waals surface area contributed by atoms with Crippen molar-refractivity contribution in [2.24, 2.45) is 0 Å². The first-order valence-corrected chi connectivity index (χ1v) is 4.58. The SMILES string of the molecule is CSc1nc2ncc(N)cc2o1. The number of hydrogen-bond donors (Lipinski definition) is 1. The number of nitrogens with zero attached hydrogens (tertiary/aromatic N) is 2. The highest BCUT2D eigenvalue weighted by atomic mass is 32.2. The lowest BCUT2D eigenvalue weighted by atomic mass is 10.4.